The molecule has 0 aliphatic rings. The topological polar surface area (TPSA) is 0 Å². The van der Waals surface area contributed by atoms with Crippen LogP contribution in [0.3, 0.4) is 0 Å². The first-order valence-corrected chi connectivity index (χ1v) is 5.11. The Morgan fingerprint density at radius 2 is 2.55 bits per heavy atom. The average Bonchev–Trinajstić information content (AvgIpc) is 2.52. The summed E-state index contributed by atoms with van der Waals surface area (Å²) in [7, 11) is 0. The molecule has 1 aromatic rings. The Balaban J connectivity index is 2.56. The van der Waals surface area contributed by atoms with Crippen molar-refractivity contribution in [3.05, 3.63) is 40.5 Å². The molecule has 0 N–H and O–H groups in total. The van der Waals surface area contributed by atoms with Crippen molar-refractivity contribution < 1.29 is 0 Å². The van der Waals surface area contributed by atoms with Crippen LogP contribution in [0.25, 0.3) is 4.91 Å². The molecule has 0 amide bonds. The van der Waals surface area contributed by atoms with Gasteiger partial charge in [-0.2, -0.15) is 0 Å². The van der Waals surface area contributed by atoms with Crippen LogP contribution in [0, 0.1) is 0 Å². The Morgan fingerprint density at radius 1 is 1.73 bits per heavy atom. The molecule has 0 fully saturated rings. The maximum atomic E-state index is 3.96. The number of thiophene rings is 1. The van der Waals surface area contributed by atoms with Gasteiger partial charge in [0.2, 0.25) is 0 Å². The molecule has 0 saturated heterocycles. The van der Waals surface area contributed by atoms with E-state index < -0.39 is 0 Å². The zero-order chi connectivity index (χ0) is 8.10. The SMILES string of the molecule is C=C(S/C=C\C)c1cccs1. The molecule has 58 valence electrons. The third kappa shape index (κ3) is 2.56. The number of hydrogen-bond acceptors (Lipinski definition) is 2. The van der Waals surface area contributed by atoms with E-state index in [9.17, 15) is 0 Å². The molecule has 0 radical (unpaired) electrons. The van der Waals surface area contributed by atoms with Crippen LogP contribution < -0.4 is 0 Å². The van der Waals surface area contributed by atoms with E-state index in [2.05, 4.69) is 18.0 Å². The molecule has 11 heavy (non-hydrogen) atoms. The van der Waals surface area contributed by atoms with Gasteiger partial charge >= 0.3 is 0 Å². The summed E-state index contributed by atoms with van der Waals surface area (Å²) in [6.07, 6.45) is 2.02. The van der Waals surface area contributed by atoms with Crippen LogP contribution in [0.15, 0.2) is 35.6 Å². The third-order valence-electron chi connectivity index (χ3n) is 1.14. The maximum absolute atomic E-state index is 3.96. The lowest BCUT2D eigenvalue weighted by Crippen LogP contribution is -1.64. The van der Waals surface area contributed by atoms with E-state index >= 15 is 0 Å². The summed E-state index contributed by atoms with van der Waals surface area (Å²) < 4.78 is 0. The van der Waals surface area contributed by atoms with Gasteiger partial charge in [0.25, 0.3) is 0 Å². The van der Waals surface area contributed by atoms with Crippen molar-refractivity contribution in [1.82, 2.24) is 0 Å². The van der Waals surface area contributed by atoms with E-state index in [1.807, 2.05) is 24.5 Å². The predicted octanol–water partition coefficient (Wildman–Crippen LogP) is 3.99. The first kappa shape index (κ1) is 8.62. The molecule has 0 unspecified atom stereocenters. The van der Waals surface area contributed by atoms with Gasteiger partial charge in [-0.3, -0.25) is 0 Å². The Kier molecular flexibility index (Phi) is 3.46. The van der Waals surface area contributed by atoms with Crippen LogP contribution in [0.4, 0.5) is 0 Å². The smallest absolute Gasteiger partial charge is 0.0403 e. The molecule has 0 atom stereocenters. The maximum Gasteiger partial charge on any atom is 0.0403 e. The van der Waals surface area contributed by atoms with Crippen LogP contribution in [0.2, 0.25) is 0 Å². The van der Waals surface area contributed by atoms with Crippen LogP contribution in [0.5, 0.6) is 0 Å². The van der Waals surface area contributed by atoms with E-state index in [1.54, 1.807) is 23.1 Å². The first-order chi connectivity index (χ1) is 5.34. The highest BCUT2D eigenvalue weighted by Gasteiger charge is 1.96. The monoisotopic (exact) mass is 182 g/mol. The van der Waals surface area contributed by atoms with Gasteiger partial charge < -0.3 is 0 Å². The Labute approximate surface area is 75.6 Å². The normalized spacial score (nSPS) is 10.6. The Bertz CT molecular complexity index is 245. The lowest BCUT2D eigenvalue weighted by Gasteiger charge is -1.94. The summed E-state index contributed by atoms with van der Waals surface area (Å²) in [5.41, 5.74) is 0. The summed E-state index contributed by atoms with van der Waals surface area (Å²) in [6, 6.07) is 4.13. The van der Waals surface area contributed by atoms with E-state index in [-0.39, 0.29) is 0 Å². The van der Waals surface area contributed by atoms with Crippen molar-refractivity contribution in [2.24, 2.45) is 0 Å². The number of rotatable bonds is 3. The third-order valence-corrected chi connectivity index (χ3v) is 3.11. The van der Waals surface area contributed by atoms with Crippen LogP contribution in [-0.2, 0) is 0 Å². The van der Waals surface area contributed by atoms with Crippen LogP contribution in [0.1, 0.15) is 11.8 Å². The molecule has 0 nitrogen and oxygen atoms in total. The van der Waals surface area contributed by atoms with Crippen molar-refractivity contribution in [2.75, 3.05) is 0 Å². The molecule has 0 bridgehead atoms. The molecule has 2 heteroatoms. The van der Waals surface area contributed by atoms with Gasteiger partial charge in [0.05, 0.1) is 0 Å². The van der Waals surface area contributed by atoms with Gasteiger partial charge in [0.15, 0.2) is 0 Å². The molecule has 1 aromatic heterocycles. The summed E-state index contributed by atoms with van der Waals surface area (Å²) in [6.45, 7) is 5.97. The zero-order valence-electron chi connectivity index (χ0n) is 6.41. The number of hydrogen-bond donors (Lipinski definition) is 0. The van der Waals surface area contributed by atoms with Gasteiger partial charge in [-0.25, -0.2) is 0 Å². The van der Waals surface area contributed by atoms with Crippen molar-refractivity contribution in [3.63, 3.8) is 0 Å². The highest BCUT2D eigenvalue weighted by Crippen LogP contribution is 2.29. The average molecular weight is 182 g/mol. The van der Waals surface area contributed by atoms with Crippen LogP contribution >= 0.6 is 23.1 Å². The summed E-state index contributed by atoms with van der Waals surface area (Å²) >= 11 is 3.40. The van der Waals surface area contributed by atoms with Gasteiger partial charge in [-0.1, -0.05) is 30.5 Å². The standard InChI is InChI=1S/C9H10S2/c1-3-6-10-8(2)9-5-4-7-11-9/h3-7H,2H2,1H3/b6-3-. The molecule has 0 aliphatic heterocycles. The minimum Gasteiger partial charge on any atom is -0.143 e. The highest BCUT2D eigenvalue weighted by molar-refractivity contribution is 8.11. The largest absolute Gasteiger partial charge is 0.143 e. The van der Waals surface area contributed by atoms with Crippen molar-refractivity contribution in [1.29, 1.82) is 0 Å². The Morgan fingerprint density at radius 3 is 3.09 bits per heavy atom. The van der Waals surface area contributed by atoms with E-state index in [1.165, 1.54) is 4.88 Å². The minimum atomic E-state index is 1.12. The molecule has 0 aliphatic carbocycles. The summed E-state index contributed by atoms with van der Waals surface area (Å²) in [4.78, 5) is 2.38. The van der Waals surface area contributed by atoms with Crippen LogP contribution in [-0.4, -0.2) is 0 Å². The summed E-state index contributed by atoms with van der Waals surface area (Å²) in [5.74, 6) is 0. The van der Waals surface area contributed by atoms with Crippen molar-refractivity contribution in [3.8, 4) is 0 Å². The fraction of sp³-hybridized carbons (Fsp3) is 0.111. The van der Waals surface area contributed by atoms with Crippen molar-refractivity contribution in [2.45, 2.75) is 6.92 Å². The van der Waals surface area contributed by atoms with Gasteiger partial charge in [0, 0.05) is 9.78 Å². The second-order valence-electron chi connectivity index (χ2n) is 1.99. The quantitative estimate of drug-likeness (QED) is 0.681. The molecular weight excluding hydrogens is 172 g/mol. The second-order valence-corrected chi connectivity index (χ2v) is 3.94. The summed E-state index contributed by atoms with van der Waals surface area (Å²) in [5, 5.41) is 4.11. The van der Waals surface area contributed by atoms with E-state index in [4.69, 9.17) is 0 Å². The Hall–Kier alpha value is -0.470. The van der Waals surface area contributed by atoms with Gasteiger partial charge in [-0.05, 0) is 23.8 Å². The molecule has 1 rings (SSSR count). The van der Waals surface area contributed by atoms with Gasteiger partial charge in [-0.15, -0.1) is 11.3 Å². The lowest BCUT2D eigenvalue weighted by atomic mass is 10.5. The predicted molar refractivity (Wildman–Crippen MR) is 55.8 cm³/mol. The number of thioether (sulfide) groups is 1. The van der Waals surface area contributed by atoms with Gasteiger partial charge in [0.1, 0.15) is 0 Å². The lowest BCUT2D eigenvalue weighted by molar-refractivity contribution is 1.79. The fourth-order valence-corrected chi connectivity index (χ4v) is 2.01. The minimum absolute atomic E-state index is 1.12. The second kappa shape index (κ2) is 4.42. The molecule has 0 aromatic carbocycles. The number of allylic oxidation sites excluding steroid dienone is 1. The molecule has 1 heterocycles. The molecular formula is C9H10S2. The molecule has 0 spiro atoms. The first-order valence-electron chi connectivity index (χ1n) is 3.35. The fourth-order valence-electron chi connectivity index (χ4n) is 0.645. The molecule has 0 saturated carbocycles. The highest BCUT2D eigenvalue weighted by atomic mass is 32.2. The van der Waals surface area contributed by atoms with E-state index in [0.29, 0.717) is 0 Å². The van der Waals surface area contributed by atoms with E-state index in [0.717, 1.165) is 4.91 Å². The van der Waals surface area contributed by atoms with Crippen molar-refractivity contribution >= 4 is 28.0 Å². The zero-order valence-corrected chi connectivity index (χ0v) is 8.04.